The van der Waals surface area contributed by atoms with E-state index in [0.717, 1.165) is 49.4 Å². The number of aromatic nitrogens is 5. The van der Waals surface area contributed by atoms with E-state index < -0.39 is 0 Å². The quantitative estimate of drug-likeness (QED) is 0.793. The zero-order valence-corrected chi connectivity index (χ0v) is 13.5. The third kappa shape index (κ3) is 3.21. The third-order valence-corrected chi connectivity index (χ3v) is 4.25. The minimum atomic E-state index is 0.564. The Morgan fingerprint density at radius 3 is 2.67 bits per heavy atom. The van der Waals surface area contributed by atoms with Crippen molar-refractivity contribution in [2.24, 2.45) is 5.92 Å². The lowest BCUT2D eigenvalue weighted by Crippen LogP contribution is -2.17. The molecule has 1 aromatic carbocycles. The second-order valence-electron chi connectivity index (χ2n) is 6.10. The van der Waals surface area contributed by atoms with Gasteiger partial charge in [0, 0.05) is 30.8 Å². The van der Waals surface area contributed by atoms with Crippen LogP contribution in [0.1, 0.15) is 24.6 Å². The number of nitrogens with zero attached hydrogens (tertiary/aromatic N) is 4. The normalized spacial score (nSPS) is 15.7. The zero-order valence-electron chi connectivity index (χ0n) is 13.5. The summed E-state index contributed by atoms with van der Waals surface area (Å²) in [6.45, 7) is 3.52. The maximum atomic E-state index is 5.43. The first-order chi connectivity index (χ1) is 11.8. The van der Waals surface area contributed by atoms with Gasteiger partial charge in [0.05, 0.1) is 0 Å². The second-order valence-corrected chi connectivity index (χ2v) is 6.10. The Bertz CT molecular complexity index is 820. The molecule has 1 N–H and O–H groups in total. The molecule has 0 unspecified atom stereocenters. The highest BCUT2D eigenvalue weighted by molar-refractivity contribution is 5.65. The molecular formula is C17H19N5O2. The van der Waals surface area contributed by atoms with Crippen molar-refractivity contribution >= 4 is 0 Å². The Balaban J connectivity index is 1.53. The molecule has 0 amide bonds. The lowest BCUT2D eigenvalue weighted by atomic mass is 9.97. The molecule has 0 saturated carbocycles. The first kappa shape index (κ1) is 15.0. The van der Waals surface area contributed by atoms with E-state index in [9.17, 15) is 0 Å². The Morgan fingerprint density at radius 2 is 1.92 bits per heavy atom. The summed E-state index contributed by atoms with van der Waals surface area (Å²) < 4.78 is 10.8. The van der Waals surface area contributed by atoms with E-state index in [2.05, 4.69) is 25.3 Å². The van der Waals surface area contributed by atoms with Crippen LogP contribution in [-0.4, -0.2) is 38.5 Å². The number of hydrogen-bond donors (Lipinski definition) is 1. The molecule has 3 aromatic rings. The SMILES string of the molecule is Cc1nc(-c2cccc(-c3noc(CC4CCOCC4)n3)c2)n[nH]1. The van der Waals surface area contributed by atoms with Crippen molar-refractivity contribution in [3.8, 4) is 22.8 Å². The molecule has 3 heterocycles. The van der Waals surface area contributed by atoms with Gasteiger partial charge in [-0.15, -0.1) is 0 Å². The minimum absolute atomic E-state index is 0.564. The van der Waals surface area contributed by atoms with E-state index in [4.69, 9.17) is 9.26 Å². The van der Waals surface area contributed by atoms with Crippen LogP contribution in [0, 0.1) is 12.8 Å². The van der Waals surface area contributed by atoms with Gasteiger partial charge in [0.15, 0.2) is 5.82 Å². The lowest BCUT2D eigenvalue weighted by molar-refractivity contribution is 0.0642. The summed E-state index contributed by atoms with van der Waals surface area (Å²) in [4.78, 5) is 8.90. The average Bonchev–Trinajstić information content (AvgIpc) is 3.25. The summed E-state index contributed by atoms with van der Waals surface area (Å²) in [7, 11) is 0. The topological polar surface area (TPSA) is 89.7 Å². The molecule has 7 heteroatoms. The predicted octanol–water partition coefficient (Wildman–Crippen LogP) is 2.80. The Morgan fingerprint density at radius 1 is 1.12 bits per heavy atom. The molecule has 0 spiro atoms. The van der Waals surface area contributed by atoms with Gasteiger partial charge in [0.1, 0.15) is 5.82 Å². The molecule has 0 aliphatic carbocycles. The zero-order chi connectivity index (χ0) is 16.4. The van der Waals surface area contributed by atoms with Crippen LogP contribution in [0.2, 0.25) is 0 Å². The number of rotatable bonds is 4. The molecule has 24 heavy (non-hydrogen) atoms. The van der Waals surface area contributed by atoms with Gasteiger partial charge in [0.2, 0.25) is 11.7 Å². The Kier molecular flexibility index (Phi) is 4.08. The Hall–Kier alpha value is -2.54. The maximum absolute atomic E-state index is 5.43. The summed E-state index contributed by atoms with van der Waals surface area (Å²) in [5, 5.41) is 11.2. The first-order valence-electron chi connectivity index (χ1n) is 8.18. The van der Waals surface area contributed by atoms with Crippen molar-refractivity contribution in [1.82, 2.24) is 25.3 Å². The van der Waals surface area contributed by atoms with Crippen LogP contribution in [0.25, 0.3) is 22.8 Å². The second kappa shape index (κ2) is 6.52. The molecule has 1 aliphatic heterocycles. The van der Waals surface area contributed by atoms with Crippen LogP contribution in [0.15, 0.2) is 28.8 Å². The monoisotopic (exact) mass is 325 g/mol. The number of H-pyrrole nitrogens is 1. The van der Waals surface area contributed by atoms with Crippen LogP contribution < -0.4 is 0 Å². The van der Waals surface area contributed by atoms with Crippen molar-refractivity contribution in [2.45, 2.75) is 26.2 Å². The molecule has 7 nitrogen and oxygen atoms in total. The number of aromatic amines is 1. The van der Waals surface area contributed by atoms with Gasteiger partial charge < -0.3 is 9.26 Å². The van der Waals surface area contributed by atoms with Gasteiger partial charge in [-0.2, -0.15) is 10.1 Å². The van der Waals surface area contributed by atoms with E-state index in [1.807, 2.05) is 31.2 Å². The van der Waals surface area contributed by atoms with Gasteiger partial charge in [-0.3, -0.25) is 5.10 Å². The van der Waals surface area contributed by atoms with E-state index in [-0.39, 0.29) is 0 Å². The van der Waals surface area contributed by atoms with E-state index in [1.165, 1.54) is 0 Å². The van der Waals surface area contributed by atoms with Gasteiger partial charge in [-0.25, -0.2) is 4.98 Å². The van der Waals surface area contributed by atoms with Crippen molar-refractivity contribution in [3.05, 3.63) is 36.0 Å². The fraction of sp³-hybridized carbons (Fsp3) is 0.412. The minimum Gasteiger partial charge on any atom is -0.381 e. The summed E-state index contributed by atoms with van der Waals surface area (Å²) in [5.41, 5.74) is 1.82. The van der Waals surface area contributed by atoms with Crippen molar-refractivity contribution in [3.63, 3.8) is 0 Å². The van der Waals surface area contributed by atoms with Crippen LogP contribution in [0.5, 0.6) is 0 Å². The molecule has 1 saturated heterocycles. The molecule has 1 aliphatic rings. The molecule has 4 rings (SSSR count). The van der Waals surface area contributed by atoms with Gasteiger partial charge in [-0.05, 0) is 31.7 Å². The number of nitrogens with one attached hydrogen (secondary N) is 1. The maximum Gasteiger partial charge on any atom is 0.227 e. The first-order valence-corrected chi connectivity index (χ1v) is 8.18. The highest BCUT2D eigenvalue weighted by Crippen LogP contribution is 2.24. The number of ether oxygens (including phenoxy) is 1. The highest BCUT2D eigenvalue weighted by Gasteiger charge is 2.18. The summed E-state index contributed by atoms with van der Waals surface area (Å²) in [5.74, 6) is 3.31. The van der Waals surface area contributed by atoms with Crippen LogP contribution in [0.3, 0.4) is 0 Å². The van der Waals surface area contributed by atoms with E-state index in [1.54, 1.807) is 0 Å². The molecular weight excluding hydrogens is 306 g/mol. The van der Waals surface area contributed by atoms with E-state index >= 15 is 0 Å². The predicted molar refractivity (Wildman–Crippen MR) is 87.1 cm³/mol. The fourth-order valence-corrected chi connectivity index (χ4v) is 2.92. The van der Waals surface area contributed by atoms with Gasteiger partial charge >= 0.3 is 0 Å². The molecule has 0 bridgehead atoms. The van der Waals surface area contributed by atoms with Crippen molar-refractivity contribution in [1.29, 1.82) is 0 Å². The smallest absolute Gasteiger partial charge is 0.227 e. The number of benzene rings is 1. The highest BCUT2D eigenvalue weighted by atomic mass is 16.5. The number of aryl methyl sites for hydroxylation is 1. The molecule has 2 aromatic heterocycles. The van der Waals surface area contributed by atoms with Crippen LogP contribution in [-0.2, 0) is 11.2 Å². The summed E-state index contributed by atoms with van der Waals surface area (Å²) >= 11 is 0. The van der Waals surface area contributed by atoms with Crippen molar-refractivity contribution in [2.75, 3.05) is 13.2 Å². The van der Waals surface area contributed by atoms with Gasteiger partial charge in [0.25, 0.3) is 0 Å². The standard InChI is InChI=1S/C17H19N5O2/c1-11-18-16(21-20-11)13-3-2-4-14(10-13)17-19-15(24-22-17)9-12-5-7-23-8-6-12/h2-4,10,12H,5-9H2,1H3,(H,18,20,21). The number of hydrogen-bond acceptors (Lipinski definition) is 6. The summed E-state index contributed by atoms with van der Waals surface area (Å²) in [6.07, 6.45) is 2.92. The van der Waals surface area contributed by atoms with Gasteiger partial charge in [-0.1, -0.05) is 23.4 Å². The van der Waals surface area contributed by atoms with Crippen LogP contribution in [0.4, 0.5) is 0 Å². The Labute approximate surface area is 139 Å². The average molecular weight is 325 g/mol. The molecule has 1 fully saturated rings. The molecule has 0 radical (unpaired) electrons. The summed E-state index contributed by atoms with van der Waals surface area (Å²) in [6, 6.07) is 7.86. The van der Waals surface area contributed by atoms with E-state index in [0.29, 0.717) is 23.5 Å². The molecule has 124 valence electrons. The fourth-order valence-electron chi connectivity index (χ4n) is 2.92. The van der Waals surface area contributed by atoms with Crippen LogP contribution >= 0.6 is 0 Å². The third-order valence-electron chi connectivity index (χ3n) is 4.25. The van der Waals surface area contributed by atoms with Crippen molar-refractivity contribution < 1.29 is 9.26 Å². The largest absolute Gasteiger partial charge is 0.381 e. The lowest BCUT2D eigenvalue weighted by Gasteiger charge is -2.19. The molecule has 0 atom stereocenters.